The lowest BCUT2D eigenvalue weighted by Crippen LogP contribution is -2.41. The van der Waals surface area contributed by atoms with Crippen molar-refractivity contribution in [2.24, 2.45) is 17.5 Å². The maximum Gasteiger partial charge on any atom is 0.244 e. The third-order valence-corrected chi connectivity index (χ3v) is 6.29. The minimum absolute atomic E-state index is 0.0108. The first-order valence-corrected chi connectivity index (χ1v) is 11.5. The number of hydrogen-bond acceptors (Lipinski definition) is 7. The average molecular weight is 432 g/mol. The van der Waals surface area contributed by atoms with Gasteiger partial charge in [-0.1, -0.05) is 20.3 Å². The highest BCUT2D eigenvalue weighted by Crippen LogP contribution is 2.37. The summed E-state index contributed by atoms with van der Waals surface area (Å²) in [5, 5.41) is 2.38. The van der Waals surface area contributed by atoms with Crippen LogP contribution in [0.2, 0.25) is 0 Å². The van der Waals surface area contributed by atoms with Crippen molar-refractivity contribution in [2.45, 2.75) is 52.0 Å². The average Bonchev–Trinajstić information content (AvgIpc) is 3.30. The fraction of sp³-hybridized carbons (Fsp3) is 0.545. The van der Waals surface area contributed by atoms with Crippen LogP contribution in [0.15, 0.2) is 30.1 Å². The molecule has 1 aromatic carbocycles. The first kappa shape index (κ1) is 22.4. The van der Waals surface area contributed by atoms with Gasteiger partial charge in [-0.2, -0.15) is 0 Å². The van der Waals surface area contributed by atoms with E-state index in [4.69, 9.17) is 21.3 Å². The van der Waals surface area contributed by atoms with Crippen LogP contribution in [-0.2, 0) is 4.79 Å². The van der Waals surface area contributed by atoms with Crippen molar-refractivity contribution in [3.63, 3.8) is 0 Å². The molecule has 30 heavy (non-hydrogen) atoms. The van der Waals surface area contributed by atoms with Gasteiger partial charge in [0, 0.05) is 30.4 Å². The van der Waals surface area contributed by atoms with Crippen molar-refractivity contribution in [2.75, 3.05) is 20.2 Å². The lowest BCUT2D eigenvalue weighted by Gasteiger charge is -2.25. The summed E-state index contributed by atoms with van der Waals surface area (Å²) in [4.78, 5) is 19.5. The number of rotatable bonds is 6. The second-order valence-corrected chi connectivity index (χ2v) is 8.98. The second kappa shape index (κ2) is 10.1. The molecule has 2 fully saturated rings. The number of ether oxygens (including phenoxy) is 1. The zero-order valence-corrected chi connectivity index (χ0v) is 19.0. The fourth-order valence-electron chi connectivity index (χ4n) is 3.52. The Balaban J connectivity index is 0.000000806. The lowest BCUT2D eigenvalue weighted by molar-refractivity contribution is -0.132. The molecular weight excluding hydrogens is 398 g/mol. The van der Waals surface area contributed by atoms with Gasteiger partial charge in [0.2, 0.25) is 5.91 Å². The van der Waals surface area contributed by atoms with Gasteiger partial charge in [0.05, 0.1) is 23.4 Å². The van der Waals surface area contributed by atoms with Crippen LogP contribution in [0.3, 0.4) is 0 Å². The molecule has 2 aromatic rings. The number of hydrazine groups is 1. The van der Waals surface area contributed by atoms with Gasteiger partial charge in [-0.3, -0.25) is 4.79 Å². The summed E-state index contributed by atoms with van der Waals surface area (Å²) in [7, 11) is 1.65. The Morgan fingerprint density at radius 3 is 2.77 bits per heavy atom. The second-order valence-electron chi connectivity index (χ2n) is 7.91. The van der Waals surface area contributed by atoms with Gasteiger partial charge >= 0.3 is 0 Å². The van der Waals surface area contributed by atoms with Crippen LogP contribution in [0.4, 0.5) is 0 Å². The number of carbonyl (C=O) groups is 1. The molecule has 4 rings (SSSR count). The number of nitrogens with zero attached hydrogens (tertiary/aromatic N) is 3. The summed E-state index contributed by atoms with van der Waals surface area (Å²) in [6.45, 7) is 5.11. The summed E-state index contributed by atoms with van der Waals surface area (Å²) < 4.78 is 6.38. The Morgan fingerprint density at radius 1 is 1.37 bits per heavy atom. The monoisotopic (exact) mass is 431 g/mol. The van der Waals surface area contributed by atoms with E-state index >= 15 is 0 Å². The molecule has 1 aliphatic heterocycles. The molecule has 1 unspecified atom stereocenters. The molecule has 0 radical (unpaired) electrons. The zero-order valence-electron chi connectivity index (χ0n) is 18.1. The van der Waals surface area contributed by atoms with E-state index in [1.807, 2.05) is 23.1 Å². The highest BCUT2D eigenvalue weighted by atomic mass is 32.1. The van der Waals surface area contributed by atoms with Gasteiger partial charge in [0.1, 0.15) is 17.3 Å². The van der Waals surface area contributed by atoms with Crippen LogP contribution in [0.1, 0.15) is 57.0 Å². The molecule has 7 nitrogen and oxygen atoms in total. The minimum atomic E-state index is 0.0108. The number of thiazole rings is 1. The Morgan fingerprint density at radius 2 is 2.10 bits per heavy atom. The molecule has 1 atom stereocenters. The van der Waals surface area contributed by atoms with Crippen LogP contribution >= 0.6 is 11.3 Å². The zero-order chi connectivity index (χ0) is 21.7. The van der Waals surface area contributed by atoms with E-state index in [0.29, 0.717) is 5.92 Å². The molecule has 2 heterocycles. The number of benzene rings is 1. The van der Waals surface area contributed by atoms with Gasteiger partial charge in [0.15, 0.2) is 0 Å². The molecule has 8 heteroatoms. The first-order valence-electron chi connectivity index (χ1n) is 10.7. The van der Waals surface area contributed by atoms with E-state index in [0.717, 1.165) is 58.9 Å². The Labute approximate surface area is 182 Å². The van der Waals surface area contributed by atoms with Crippen molar-refractivity contribution < 1.29 is 9.53 Å². The molecule has 0 spiro atoms. The molecule has 1 saturated carbocycles. The normalized spacial score (nSPS) is 18.9. The van der Waals surface area contributed by atoms with Crippen LogP contribution in [-0.4, -0.2) is 41.0 Å². The molecule has 0 bridgehead atoms. The number of aromatic nitrogens is 1. The number of fused-ring (bicyclic) bond motifs is 1. The van der Waals surface area contributed by atoms with Crippen molar-refractivity contribution >= 4 is 27.5 Å². The smallest absolute Gasteiger partial charge is 0.244 e. The number of allylic oxidation sites excluding steroid dienone is 1. The predicted molar refractivity (Wildman–Crippen MR) is 122 cm³/mol. The van der Waals surface area contributed by atoms with E-state index in [1.165, 1.54) is 11.4 Å². The van der Waals surface area contributed by atoms with Crippen molar-refractivity contribution in [3.05, 3.63) is 35.1 Å². The highest BCUT2D eigenvalue weighted by Gasteiger charge is 2.32. The predicted octanol–water partition coefficient (Wildman–Crippen LogP) is 3.77. The number of carbonyl (C=O) groups excluding carboxylic acids is 1. The summed E-state index contributed by atoms with van der Waals surface area (Å²) in [6.07, 6.45) is 7.07. The lowest BCUT2D eigenvalue weighted by atomic mass is 10.2. The van der Waals surface area contributed by atoms with E-state index in [2.05, 4.69) is 13.8 Å². The standard InChI is InChI=1S/C19H25N5O2S.C3H8/c1-26-13-6-7-17-15(9-13)22-19(27-17)16-3-2-8-24(16)18(25)11-23(21)10-14(20)12-4-5-12;1-3-2/h6-7,9-10,12,16H,2-5,8,11,20-21H2,1H3;3H2,1-2H3/b14-10-;. The molecule has 1 aliphatic carbocycles. The topological polar surface area (TPSA) is 97.7 Å². The molecule has 1 saturated heterocycles. The molecule has 4 N–H and O–H groups in total. The van der Waals surface area contributed by atoms with Gasteiger partial charge in [0.25, 0.3) is 0 Å². The fourth-order valence-corrected chi connectivity index (χ4v) is 4.62. The van der Waals surface area contributed by atoms with Gasteiger partial charge in [-0.15, -0.1) is 11.3 Å². The van der Waals surface area contributed by atoms with Crippen molar-refractivity contribution in [1.82, 2.24) is 14.9 Å². The number of likely N-dealkylation sites (tertiary alicyclic amines) is 1. The Hall–Kier alpha value is -2.32. The maximum absolute atomic E-state index is 12.8. The van der Waals surface area contributed by atoms with Gasteiger partial charge < -0.3 is 20.4 Å². The highest BCUT2D eigenvalue weighted by molar-refractivity contribution is 7.18. The molecule has 2 aliphatic rings. The maximum atomic E-state index is 12.8. The molecule has 1 amide bonds. The van der Waals surface area contributed by atoms with E-state index in [1.54, 1.807) is 24.6 Å². The quantitative estimate of drug-likeness (QED) is 0.534. The third kappa shape index (κ3) is 5.43. The van der Waals surface area contributed by atoms with Gasteiger partial charge in [-0.05, 0) is 37.8 Å². The van der Waals surface area contributed by atoms with Crippen molar-refractivity contribution in [3.8, 4) is 5.75 Å². The summed E-state index contributed by atoms with van der Waals surface area (Å²) in [5.74, 6) is 7.22. The molecule has 1 aromatic heterocycles. The number of nitrogens with two attached hydrogens (primary N) is 2. The van der Waals surface area contributed by atoms with Crippen LogP contribution in [0.25, 0.3) is 10.2 Å². The summed E-state index contributed by atoms with van der Waals surface area (Å²) in [5.41, 5.74) is 7.67. The van der Waals surface area contributed by atoms with E-state index in [-0.39, 0.29) is 18.5 Å². The third-order valence-electron chi connectivity index (χ3n) is 5.15. The number of methoxy groups -OCH3 is 1. The first-order chi connectivity index (χ1) is 14.5. The largest absolute Gasteiger partial charge is 0.497 e. The van der Waals surface area contributed by atoms with Crippen LogP contribution in [0, 0.1) is 5.92 Å². The molecular formula is C22H33N5O2S. The number of amides is 1. The summed E-state index contributed by atoms with van der Waals surface area (Å²) >= 11 is 1.64. The van der Waals surface area contributed by atoms with E-state index in [9.17, 15) is 4.79 Å². The Bertz CT molecular complexity index is 893. The Kier molecular flexibility index (Phi) is 7.55. The number of hydrogen-bond donors (Lipinski definition) is 2. The molecule has 164 valence electrons. The SMILES string of the molecule is CCC.COc1ccc2sc(C3CCCN3C(=O)CN(N)/C=C(\N)C3CC3)nc2c1. The van der Waals surface area contributed by atoms with Crippen LogP contribution in [0.5, 0.6) is 5.75 Å². The van der Waals surface area contributed by atoms with Crippen molar-refractivity contribution in [1.29, 1.82) is 0 Å². The van der Waals surface area contributed by atoms with E-state index < -0.39 is 0 Å². The van der Waals surface area contributed by atoms with Crippen LogP contribution < -0.4 is 16.3 Å². The van der Waals surface area contributed by atoms with Gasteiger partial charge in [-0.25, -0.2) is 10.8 Å². The minimum Gasteiger partial charge on any atom is -0.497 e. The summed E-state index contributed by atoms with van der Waals surface area (Å²) in [6, 6.07) is 5.90.